The third kappa shape index (κ3) is 3.95. The molecule has 0 aromatic carbocycles. The van der Waals surface area contributed by atoms with E-state index in [2.05, 4.69) is 25.3 Å². The van der Waals surface area contributed by atoms with Crippen LogP contribution in [0.2, 0.25) is 0 Å². The van der Waals surface area contributed by atoms with Crippen LogP contribution in [-0.4, -0.2) is 36.7 Å². The molecule has 0 spiro atoms. The fraction of sp³-hybridized carbons (Fsp3) is 0.571. The monoisotopic (exact) mass is 221 g/mol. The highest BCUT2D eigenvalue weighted by Crippen LogP contribution is 2.15. The van der Waals surface area contributed by atoms with Gasteiger partial charge in [-0.1, -0.05) is 30.9 Å². The second kappa shape index (κ2) is 6.66. The highest BCUT2D eigenvalue weighted by atomic mass is 16.5. The molecule has 1 heterocycles. The Morgan fingerprint density at radius 2 is 2.19 bits per heavy atom. The average Bonchev–Trinajstić information content (AvgIpc) is 2.29. The minimum atomic E-state index is 0.151. The summed E-state index contributed by atoms with van der Waals surface area (Å²) in [6, 6.07) is 0.582. The minimum Gasteiger partial charge on any atom is -0.371 e. The zero-order chi connectivity index (χ0) is 12.0. The summed E-state index contributed by atoms with van der Waals surface area (Å²) in [5.41, 5.74) is 1.06. The van der Waals surface area contributed by atoms with Gasteiger partial charge in [0, 0.05) is 19.1 Å². The second-order valence-electron chi connectivity index (χ2n) is 4.41. The van der Waals surface area contributed by atoms with Crippen LogP contribution in [0.15, 0.2) is 36.5 Å². The summed E-state index contributed by atoms with van der Waals surface area (Å²) in [5, 5.41) is 0. The Kier molecular flexibility index (Phi) is 5.50. The summed E-state index contributed by atoms with van der Waals surface area (Å²) >= 11 is 0. The highest BCUT2D eigenvalue weighted by molar-refractivity contribution is 5.23. The zero-order valence-corrected chi connectivity index (χ0v) is 10.6. The maximum atomic E-state index is 5.73. The second-order valence-corrected chi connectivity index (χ2v) is 4.41. The first-order valence-corrected chi connectivity index (χ1v) is 5.99. The van der Waals surface area contributed by atoms with Gasteiger partial charge < -0.3 is 4.74 Å². The van der Waals surface area contributed by atoms with Crippen LogP contribution in [0.25, 0.3) is 0 Å². The first-order valence-electron chi connectivity index (χ1n) is 5.99. The normalized spacial score (nSPS) is 23.6. The van der Waals surface area contributed by atoms with Crippen LogP contribution in [0.4, 0.5) is 0 Å². The van der Waals surface area contributed by atoms with Crippen molar-refractivity contribution in [3.05, 3.63) is 36.5 Å². The minimum absolute atomic E-state index is 0.151. The van der Waals surface area contributed by atoms with Crippen molar-refractivity contribution in [3.8, 4) is 0 Å². The maximum Gasteiger partial charge on any atom is 0.0946 e. The fourth-order valence-corrected chi connectivity index (χ4v) is 1.76. The molecule has 0 radical (unpaired) electrons. The predicted octanol–water partition coefficient (Wildman–Crippen LogP) is 2.78. The van der Waals surface area contributed by atoms with Crippen LogP contribution >= 0.6 is 0 Å². The summed E-state index contributed by atoms with van der Waals surface area (Å²) < 4.78 is 5.73. The maximum absolute atomic E-state index is 5.73. The summed E-state index contributed by atoms with van der Waals surface area (Å²) in [4.78, 5) is 2.43. The van der Waals surface area contributed by atoms with Crippen molar-refractivity contribution in [2.24, 2.45) is 0 Å². The Morgan fingerprint density at radius 1 is 1.44 bits per heavy atom. The summed E-state index contributed by atoms with van der Waals surface area (Å²) in [7, 11) is 0. The molecule has 0 aromatic rings. The number of rotatable bonds is 4. The first-order chi connectivity index (χ1) is 7.65. The van der Waals surface area contributed by atoms with E-state index in [1.807, 2.05) is 31.2 Å². The van der Waals surface area contributed by atoms with E-state index < -0.39 is 0 Å². The summed E-state index contributed by atoms with van der Waals surface area (Å²) in [5.74, 6) is 0. The summed E-state index contributed by atoms with van der Waals surface area (Å²) in [6.07, 6.45) is 8.21. The number of allylic oxidation sites excluding steroid dienone is 3. The van der Waals surface area contributed by atoms with Gasteiger partial charge in [-0.15, -0.1) is 0 Å². The van der Waals surface area contributed by atoms with Crippen molar-refractivity contribution in [1.82, 2.24) is 4.90 Å². The lowest BCUT2D eigenvalue weighted by Crippen LogP contribution is -2.46. The number of ether oxygens (including phenoxy) is 1. The molecule has 90 valence electrons. The largest absolute Gasteiger partial charge is 0.371 e. The topological polar surface area (TPSA) is 12.5 Å². The molecule has 1 rings (SSSR count). The number of hydrogen-bond donors (Lipinski definition) is 0. The molecule has 1 saturated heterocycles. The SMILES string of the molecule is C=C(/C=C\C=C/C)[C@@H]1CN(C(C)C)CCO1. The third-order valence-corrected chi connectivity index (χ3v) is 2.86. The molecule has 1 aliphatic rings. The van der Waals surface area contributed by atoms with Gasteiger partial charge in [0.2, 0.25) is 0 Å². The lowest BCUT2D eigenvalue weighted by Gasteiger charge is -2.35. The molecule has 16 heavy (non-hydrogen) atoms. The van der Waals surface area contributed by atoms with Crippen molar-refractivity contribution < 1.29 is 4.74 Å². The number of nitrogens with zero attached hydrogens (tertiary/aromatic N) is 1. The van der Waals surface area contributed by atoms with Crippen molar-refractivity contribution in [2.45, 2.75) is 32.9 Å². The molecule has 1 atom stereocenters. The van der Waals surface area contributed by atoms with Crippen molar-refractivity contribution in [1.29, 1.82) is 0 Å². The van der Waals surface area contributed by atoms with Gasteiger partial charge in [0.25, 0.3) is 0 Å². The van der Waals surface area contributed by atoms with Gasteiger partial charge in [0.15, 0.2) is 0 Å². The van der Waals surface area contributed by atoms with Crippen molar-refractivity contribution in [2.75, 3.05) is 19.7 Å². The Hall–Kier alpha value is -0.860. The van der Waals surface area contributed by atoms with Gasteiger partial charge in [0.05, 0.1) is 12.7 Å². The van der Waals surface area contributed by atoms with Gasteiger partial charge in [0.1, 0.15) is 0 Å². The Bertz CT molecular complexity index is 278. The van der Waals surface area contributed by atoms with Gasteiger partial charge in [-0.2, -0.15) is 0 Å². The molecular formula is C14H23NO. The van der Waals surface area contributed by atoms with Crippen molar-refractivity contribution in [3.63, 3.8) is 0 Å². The van der Waals surface area contributed by atoms with Gasteiger partial charge in [-0.3, -0.25) is 4.90 Å². The van der Waals surface area contributed by atoms with Gasteiger partial charge >= 0.3 is 0 Å². The standard InChI is InChI=1S/C14H23NO/c1-5-6-7-8-13(4)14-11-15(12(2)3)9-10-16-14/h5-8,12,14H,4,9-11H2,1-3H3/b6-5-,8-7-/t14-/m0/s1. The smallest absolute Gasteiger partial charge is 0.0946 e. The van der Waals surface area contributed by atoms with E-state index in [1.54, 1.807) is 0 Å². The fourth-order valence-electron chi connectivity index (χ4n) is 1.76. The van der Waals surface area contributed by atoms with Gasteiger partial charge in [-0.25, -0.2) is 0 Å². The van der Waals surface area contributed by atoms with Crippen LogP contribution in [0, 0.1) is 0 Å². The van der Waals surface area contributed by atoms with E-state index in [0.717, 1.165) is 25.3 Å². The molecule has 0 N–H and O–H groups in total. The van der Waals surface area contributed by atoms with Gasteiger partial charge in [-0.05, 0) is 26.3 Å². The molecule has 0 aromatic heterocycles. The highest BCUT2D eigenvalue weighted by Gasteiger charge is 2.22. The van der Waals surface area contributed by atoms with E-state index in [4.69, 9.17) is 4.74 Å². The zero-order valence-electron chi connectivity index (χ0n) is 10.6. The summed E-state index contributed by atoms with van der Waals surface area (Å²) in [6.45, 7) is 13.3. The molecule has 1 aliphatic heterocycles. The van der Waals surface area contributed by atoms with Crippen LogP contribution in [0.1, 0.15) is 20.8 Å². The lowest BCUT2D eigenvalue weighted by molar-refractivity contribution is -0.0185. The molecule has 2 heteroatoms. The first kappa shape index (κ1) is 13.2. The lowest BCUT2D eigenvalue weighted by atomic mass is 10.1. The Balaban J connectivity index is 2.50. The van der Waals surface area contributed by atoms with E-state index in [0.29, 0.717) is 6.04 Å². The molecule has 0 aliphatic carbocycles. The average molecular weight is 221 g/mol. The molecule has 0 unspecified atom stereocenters. The Morgan fingerprint density at radius 3 is 2.81 bits per heavy atom. The third-order valence-electron chi connectivity index (χ3n) is 2.86. The quantitative estimate of drug-likeness (QED) is 0.677. The molecule has 0 bridgehead atoms. The van der Waals surface area contributed by atoms with Crippen molar-refractivity contribution >= 4 is 0 Å². The molecule has 0 amide bonds. The van der Waals surface area contributed by atoms with E-state index in [1.165, 1.54) is 0 Å². The number of hydrogen-bond acceptors (Lipinski definition) is 2. The van der Waals surface area contributed by atoms with E-state index >= 15 is 0 Å². The van der Waals surface area contributed by atoms with E-state index in [9.17, 15) is 0 Å². The predicted molar refractivity (Wildman–Crippen MR) is 69.5 cm³/mol. The molecule has 1 fully saturated rings. The Labute approximate surface area is 99.3 Å². The molecular weight excluding hydrogens is 198 g/mol. The number of morpholine rings is 1. The molecule has 0 saturated carbocycles. The van der Waals surface area contributed by atoms with Crippen LogP contribution in [-0.2, 0) is 4.74 Å². The van der Waals surface area contributed by atoms with E-state index in [-0.39, 0.29) is 6.10 Å². The van der Waals surface area contributed by atoms with Crippen LogP contribution in [0.3, 0.4) is 0 Å². The van der Waals surface area contributed by atoms with Crippen LogP contribution in [0.5, 0.6) is 0 Å². The molecule has 2 nitrogen and oxygen atoms in total. The van der Waals surface area contributed by atoms with Crippen LogP contribution < -0.4 is 0 Å².